The van der Waals surface area contributed by atoms with Crippen molar-refractivity contribution < 1.29 is 14.5 Å². The zero-order valence-electron chi connectivity index (χ0n) is 16.9. The van der Waals surface area contributed by atoms with Crippen molar-refractivity contribution in [2.75, 3.05) is 23.3 Å². The number of rotatable bonds is 7. The summed E-state index contributed by atoms with van der Waals surface area (Å²) in [6, 6.07) is 15.4. The molecule has 1 N–H and O–H groups in total. The standard InChI is InChI=1S/C23H22N4O4/c28-23(18-8-9-21(22(13-18)27(29)30)26-11-1-2-12-26)25-19-6-3-7-20(14-19)31-16-17-5-4-10-24-15-17/h3-10,13-15H,1-2,11-12,16H2,(H,25,28). The average molecular weight is 418 g/mol. The van der Waals surface area contributed by atoms with Crippen LogP contribution in [0.3, 0.4) is 0 Å². The van der Waals surface area contributed by atoms with Gasteiger partial charge in [-0.15, -0.1) is 0 Å². The first kappa shape index (κ1) is 20.3. The fourth-order valence-electron chi connectivity index (χ4n) is 3.55. The fourth-order valence-corrected chi connectivity index (χ4v) is 3.55. The van der Waals surface area contributed by atoms with E-state index in [-0.39, 0.29) is 11.3 Å². The number of carbonyl (C=O) groups excluding carboxylic acids is 1. The molecule has 2 aromatic carbocycles. The number of aromatic nitrogens is 1. The molecule has 2 heterocycles. The number of anilines is 2. The molecule has 1 aromatic heterocycles. The van der Waals surface area contributed by atoms with Crippen LogP contribution in [-0.2, 0) is 6.61 Å². The first-order valence-corrected chi connectivity index (χ1v) is 10.1. The zero-order chi connectivity index (χ0) is 21.6. The first-order chi connectivity index (χ1) is 15.1. The van der Waals surface area contributed by atoms with Crippen molar-refractivity contribution in [2.24, 2.45) is 0 Å². The quantitative estimate of drug-likeness (QED) is 0.451. The van der Waals surface area contributed by atoms with Crippen LogP contribution in [0.1, 0.15) is 28.8 Å². The molecular formula is C23H22N4O4. The van der Waals surface area contributed by atoms with Crippen LogP contribution in [0.15, 0.2) is 67.0 Å². The van der Waals surface area contributed by atoms with Gasteiger partial charge < -0.3 is 15.0 Å². The molecule has 8 heteroatoms. The number of nitro groups is 1. The molecule has 158 valence electrons. The third-order valence-corrected chi connectivity index (χ3v) is 5.10. The molecule has 0 bridgehead atoms. The number of pyridine rings is 1. The van der Waals surface area contributed by atoms with E-state index in [0.29, 0.717) is 23.7 Å². The Labute approximate surface area is 179 Å². The van der Waals surface area contributed by atoms with Crippen LogP contribution in [0.4, 0.5) is 17.1 Å². The van der Waals surface area contributed by atoms with Gasteiger partial charge in [-0.1, -0.05) is 12.1 Å². The van der Waals surface area contributed by atoms with Gasteiger partial charge in [0.1, 0.15) is 18.0 Å². The van der Waals surface area contributed by atoms with Gasteiger partial charge in [0.05, 0.1) is 4.92 Å². The van der Waals surface area contributed by atoms with E-state index >= 15 is 0 Å². The number of benzene rings is 2. The maximum Gasteiger partial charge on any atom is 0.293 e. The zero-order valence-corrected chi connectivity index (χ0v) is 16.9. The minimum Gasteiger partial charge on any atom is -0.489 e. The van der Waals surface area contributed by atoms with E-state index in [2.05, 4.69) is 10.3 Å². The van der Waals surface area contributed by atoms with Crippen molar-refractivity contribution in [3.05, 3.63) is 88.2 Å². The number of nitro benzene ring substituents is 1. The molecule has 31 heavy (non-hydrogen) atoms. The molecule has 1 aliphatic rings. The summed E-state index contributed by atoms with van der Waals surface area (Å²) < 4.78 is 5.76. The average Bonchev–Trinajstić information content (AvgIpc) is 3.33. The Bertz CT molecular complexity index is 1080. The SMILES string of the molecule is O=C(Nc1cccc(OCc2cccnc2)c1)c1ccc(N2CCCC2)c([N+](=O)[O-])c1. The highest BCUT2D eigenvalue weighted by Crippen LogP contribution is 2.32. The van der Waals surface area contributed by atoms with Crippen LogP contribution in [0.25, 0.3) is 0 Å². The predicted molar refractivity (Wildman–Crippen MR) is 118 cm³/mol. The highest BCUT2D eigenvalue weighted by Gasteiger charge is 2.24. The van der Waals surface area contributed by atoms with Gasteiger partial charge in [-0.05, 0) is 43.2 Å². The van der Waals surface area contributed by atoms with Crippen LogP contribution in [0, 0.1) is 10.1 Å². The van der Waals surface area contributed by atoms with Crippen molar-refractivity contribution in [2.45, 2.75) is 19.4 Å². The summed E-state index contributed by atoms with van der Waals surface area (Å²) in [5.41, 5.74) is 2.21. The molecule has 0 unspecified atom stereocenters. The molecule has 0 radical (unpaired) electrons. The number of hydrogen-bond donors (Lipinski definition) is 1. The summed E-state index contributed by atoms with van der Waals surface area (Å²) in [7, 11) is 0. The number of carbonyl (C=O) groups is 1. The van der Waals surface area contributed by atoms with E-state index in [1.165, 1.54) is 6.07 Å². The minimum absolute atomic E-state index is 0.0527. The molecule has 1 fully saturated rings. The van der Waals surface area contributed by atoms with Gasteiger partial charge in [0, 0.05) is 54.4 Å². The van der Waals surface area contributed by atoms with E-state index in [1.807, 2.05) is 17.0 Å². The Balaban J connectivity index is 1.46. The summed E-state index contributed by atoms with van der Waals surface area (Å²) in [5, 5.41) is 14.4. The maximum absolute atomic E-state index is 12.7. The first-order valence-electron chi connectivity index (χ1n) is 10.1. The molecule has 8 nitrogen and oxygen atoms in total. The molecule has 1 saturated heterocycles. The normalized spacial score (nSPS) is 13.1. The van der Waals surface area contributed by atoms with Crippen molar-refractivity contribution in [1.29, 1.82) is 0 Å². The largest absolute Gasteiger partial charge is 0.489 e. The lowest BCUT2D eigenvalue weighted by Gasteiger charge is -2.17. The van der Waals surface area contributed by atoms with Crippen LogP contribution in [0.5, 0.6) is 5.75 Å². The van der Waals surface area contributed by atoms with Gasteiger partial charge in [-0.25, -0.2) is 0 Å². The monoisotopic (exact) mass is 418 g/mol. The molecule has 0 aliphatic carbocycles. The number of amides is 1. The Morgan fingerprint density at radius 1 is 1.13 bits per heavy atom. The lowest BCUT2D eigenvalue weighted by atomic mass is 10.1. The van der Waals surface area contributed by atoms with Gasteiger partial charge >= 0.3 is 0 Å². The number of nitrogens with one attached hydrogen (secondary N) is 1. The van der Waals surface area contributed by atoms with E-state index in [0.717, 1.165) is 31.5 Å². The van der Waals surface area contributed by atoms with Gasteiger partial charge in [-0.2, -0.15) is 0 Å². The van der Waals surface area contributed by atoms with Crippen molar-refractivity contribution in [3.63, 3.8) is 0 Å². The Hall–Kier alpha value is -3.94. The lowest BCUT2D eigenvalue weighted by molar-refractivity contribution is -0.384. The highest BCUT2D eigenvalue weighted by atomic mass is 16.6. The van der Waals surface area contributed by atoms with Gasteiger partial charge in [0.15, 0.2) is 0 Å². The van der Waals surface area contributed by atoms with E-state index < -0.39 is 10.8 Å². The van der Waals surface area contributed by atoms with Gasteiger partial charge in [0.25, 0.3) is 11.6 Å². The van der Waals surface area contributed by atoms with E-state index in [9.17, 15) is 14.9 Å². The molecule has 0 atom stereocenters. The summed E-state index contributed by atoms with van der Waals surface area (Å²) in [6.45, 7) is 1.94. The number of hydrogen-bond acceptors (Lipinski definition) is 6. The minimum atomic E-state index is -0.433. The Morgan fingerprint density at radius 2 is 1.97 bits per heavy atom. The third kappa shape index (κ3) is 4.98. The molecule has 0 saturated carbocycles. The Morgan fingerprint density at radius 3 is 2.71 bits per heavy atom. The topological polar surface area (TPSA) is 97.6 Å². The number of nitrogens with zero attached hydrogens (tertiary/aromatic N) is 3. The Kier molecular flexibility index (Phi) is 6.07. The highest BCUT2D eigenvalue weighted by molar-refractivity contribution is 6.05. The smallest absolute Gasteiger partial charge is 0.293 e. The van der Waals surface area contributed by atoms with Crippen LogP contribution < -0.4 is 15.0 Å². The molecule has 1 aliphatic heterocycles. The van der Waals surface area contributed by atoms with Crippen molar-refractivity contribution >= 4 is 23.0 Å². The third-order valence-electron chi connectivity index (χ3n) is 5.10. The summed E-state index contributed by atoms with van der Waals surface area (Å²) in [5.74, 6) is 0.178. The second kappa shape index (κ2) is 9.25. The van der Waals surface area contributed by atoms with E-state index in [1.54, 1.807) is 48.8 Å². The fraction of sp³-hybridized carbons (Fsp3) is 0.217. The van der Waals surface area contributed by atoms with Crippen LogP contribution in [0.2, 0.25) is 0 Å². The molecular weight excluding hydrogens is 396 g/mol. The molecule has 0 spiro atoms. The number of ether oxygens (including phenoxy) is 1. The second-order valence-corrected chi connectivity index (χ2v) is 7.29. The van der Waals surface area contributed by atoms with Gasteiger partial charge in [0.2, 0.25) is 0 Å². The van der Waals surface area contributed by atoms with Crippen molar-refractivity contribution in [3.8, 4) is 5.75 Å². The summed E-state index contributed by atoms with van der Waals surface area (Å²) in [4.78, 5) is 29.9. The van der Waals surface area contributed by atoms with Crippen molar-refractivity contribution in [1.82, 2.24) is 4.98 Å². The molecule has 4 rings (SSSR count). The summed E-state index contributed by atoms with van der Waals surface area (Å²) in [6.07, 6.45) is 5.45. The molecule has 1 amide bonds. The predicted octanol–water partition coefficient (Wildman–Crippen LogP) is 4.42. The lowest BCUT2D eigenvalue weighted by Crippen LogP contribution is -2.19. The van der Waals surface area contributed by atoms with Crippen LogP contribution in [-0.4, -0.2) is 28.9 Å². The van der Waals surface area contributed by atoms with Gasteiger partial charge in [-0.3, -0.25) is 19.9 Å². The summed E-state index contributed by atoms with van der Waals surface area (Å²) >= 11 is 0. The van der Waals surface area contributed by atoms with Crippen LogP contribution >= 0.6 is 0 Å². The second-order valence-electron chi connectivity index (χ2n) is 7.29. The maximum atomic E-state index is 12.7. The van der Waals surface area contributed by atoms with E-state index in [4.69, 9.17) is 4.74 Å². The molecule has 3 aromatic rings.